The lowest BCUT2D eigenvalue weighted by molar-refractivity contribution is -0.132. The summed E-state index contributed by atoms with van der Waals surface area (Å²) in [5.41, 5.74) is 3.34. The molecule has 2 heterocycles. The number of rotatable bonds is 4. The Bertz CT molecular complexity index is 775. The van der Waals surface area contributed by atoms with E-state index < -0.39 is 6.10 Å². The molecule has 2 aromatic rings. The van der Waals surface area contributed by atoms with Crippen molar-refractivity contribution in [2.45, 2.75) is 39.8 Å². The molecule has 1 aliphatic rings. The van der Waals surface area contributed by atoms with Crippen LogP contribution in [0.15, 0.2) is 30.5 Å². The molecule has 25 heavy (non-hydrogen) atoms. The molecule has 1 saturated heterocycles. The number of carbonyl (C=O) groups is 1. The summed E-state index contributed by atoms with van der Waals surface area (Å²) in [7, 11) is 0. The number of hydrogen-bond acceptors (Lipinski definition) is 4. The fourth-order valence-corrected chi connectivity index (χ4v) is 3.50. The monoisotopic (exact) mass is 341 g/mol. The number of benzene rings is 1. The predicted molar refractivity (Wildman–Crippen MR) is 101 cm³/mol. The first kappa shape index (κ1) is 17.7. The van der Waals surface area contributed by atoms with E-state index >= 15 is 0 Å². The molecule has 0 unspecified atom stereocenters. The van der Waals surface area contributed by atoms with Crippen LogP contribution in [0.4, 0.5) is 5.69 Å². The van der Waals surface area contributed by atoms with Crippen LogP contribution in [-0.4, -0.2) is 41.2 Å². The van der Waals surface area contributed by atoms with Crippen molar-refractivity contribution in [3.05, 3.63) is 36.0 Å². The molecule has 3 atom stereocenters. The lowest BCUT2D eigenvalue weighted by Gasteiger charge is -2.22. The van der Waals surface area contributed by atoms with E-state index in [0.29, 0.717) is 5.92 Å². The topological polar surface area (TPSA) is 65.5 Å². The van der Waals surface area contributed by atoms with Crippen LogP contribution in [0.1, 0.15) is 26.3 Å². The summed E-state index contributed by atoms with van der Waals surface area (Å²) in [5, 5.41) is 14.1. The number of amides is 1. The Morgan fingerprint density at radius 3 is 2.80 bits per heavy atom. The summed E-state index contributed by atoms with van der Waals surface area (Å²) < 4.78 is 0. The number of aliphatic hydroxyl groups excluding tert-OH is 1. The molecule has 0 aliphatic carbocycles. The summed E-state index contributed by atoms with van der Waals surface area (Å²) in [6, 6.07) is 8.34. The van der Waals surface area contributed by atoms with Crippen molar-refractivity contribution in [2.24, 2.45) is 11.8 Å². The van der Waals surface area contributed by atoms with E-state index in [1.807, 2.05) is 26.1 Å². The molecule has 0 bridgehead atoms. The number of carbonyl (C=O) groups excluding carboxylic acids is 1. The van der Waals surface area contributed by atoms with E-state index in [4.69, 9.17) is 0 Å². The van der Waals surface area contributed by atoms with Crippen LogP contribution < -0.4 is 10.2 Å². The molecule has 5 nitrogen and oxygen atoms in total. The lowest BCUT2D eigenvalue weighted by atomic mass is 10.0. The van der Waals surface area contributed by atoms with Crippen molar-refractivity contribution in [3.8, 4) is 0 Å². The zero-order valence-electron chi connectivity index (χ0n) is 15.4. The van der Waals surface area contributed by atoms with Crippen LogP contribution in [0, 0.1) is 18.8 Å². The van der Waals surface area contributed by atoms with E-state index in [2.05, 4.69) is 47.2 Å². The van der Waals surface area contributed by atoms with Gasteiger partial charge >= 0.3 is 0 Å². The Morgan fingerprint density at radius 2 is 2.08 bits per heavy atom. The molecular weight excluding hydrogens is 314 g/mol. The van der Waals surface area contributed by atoms with Crippen LogP contribution in [-0.2, 0) is 4.79 Å². The van der Waals surface area contributed by atoms with Gasteiger partial charge in [-0.3, -0.25) is 9.78 Å². The third-order valence-corrected chi connectivity index (χ3v) is 5.13. The molecule has 1 aromatic heterocycles. The van der Waals surface area contributed by atoms with Crippen LogP contribution in [0.25, 0.3) is 10.9 Å². The van der Waals surface area contributed by atoms with Crippen molar-refractivity contribution >= 4 is 22.5 Å². The molecule has 1 fully saturated rings. The first-order chi connectivity index (χ1) is 11.9. The predicted octanol–water partition coefficient (Wildman–Crippen LogP) is 2.50. The SMILES string of the molecule is Cc1ccc(N2C[C@@H](C)[C@@H](NC(=O)[C@@H](O)C(C)C)C2)c2cccnc12. The number of hydrogen-bond donors (Lipinski definition) is 2. The quantitative estimate of drug-likeness (QED) is 0.897. The number of nitrogens with one attached hydrogen (secondary N) is 1. The van der Waals surface area contributed by atoms with Crippen molar-refractivity contribution in [2.75, 3.05) is 18.0 Å². The van der Waals surface area contributed by atoms with E-state index in [-0.39, 0.29) is 17.9 Å². The molecule has 1 amide bonds. The van der Waals surface area contributed by atoms with E-state index in [1.165, 1.54) is 0 Å². The molecule has 3 rings (SSSR count). The van der Waals surface area contributed by atoms with Crippen LogP contribution in [0.2, 0.25) is 0 Å². The number of anilines is 1. The zero-order valence-corrected chi connectivity index (χ0v) is 15.4. The molecule has 1 aliphatic heterocycles. The molecular formula is C20H27N3O2. The Hall–Kier alpha value is -2.14. The average Bonchev–Trinajstić information content (AvgIpc) is 2.95. The van der Waals surface area contributed by atoms with Gasteiger partial charge in [-0.05, 0) is 42.5 Å². The highest BCUT2D eigenvalue weighted by molar-refractivity contribution is 5.94. The van der Waals surface area contributed by atoms with Crippen LogP contribution in [0.5, 0.6) is 0 Å². The molecule has 5 heteroatoms. The van der Waals surface area contributed by atoms with Gasteiger partial charge in [-0.2, -0.15) is 0 Å². The molecule has 0 spiro atoms. The average molecular weight is 341 g/mol. The first-order valence-corrected chi connectivity index (χ1v) is 8.96. The second-order valence-electron chi connectivity index (χ2n) is 7.49. The van der Waals surface area contributed by atoms with Crippen molar-refractivity contribution in [3.63, 3.8) is 0 Å². The van der Waals surface area contributed by atoms with E-state index in [0.717, 1.165) is 35.2 Å². The molecule has 134 valence electrons. The Labute approximate surface area is 149 Å². The van der Waals surface area contributed by atoms with Gasteiger partial charge in [-0.1, -0.05) is 26.8 Å². The number of pyridine rings is 1. The van der Waals surface area contributed by atoms with Gasteiger partial charge in [0, 0.05) is 30.4 Å². The Balaban J connectivity index is 1.80. The summed E-state index contributed by atoms with van der Waals surface area (Å²) in [4.78, 5) is 19.0. The molecule has 1 aromatic carbocycles. The van der Waals surface area contributed by atoms with Crippen molar-refractivity contribution in [1.29, 1.82) is 0 Å². The van der Waals surface area contributed by atoms with E-state index in [1.54, 1.807) is 0 Å². The largest absolute Gasteiger partial charge is 0.383 e. The normalized spacial score (nSPS) is 21.8. The van der Waals surface area contributed by atoms with Gasteiger partial charge in [0.15, 0.2) is 0 Å². The molecule has 0 radical (unpaired) electrons. The van der Waals surface area contributed by atoms with Crippen molar-refractivity contribution < 1.29 is 9.90 Å². The van der Waals surface area contributed by atoms with Gasteiger partial charge in [0.2, 0.25) is 5.91 Å². The number of aliphatic hydroxyl groups is 1. The minimum absolute atomic E-state index is 0.0360. The summed E-state index contributed by atoms with van der Waals surface area (Å²) in [5.74, 6) is -0.0413. The number of fused-ring (bicyclic) bond motifs is 1. The minimum atomic E-state index is -0.953. The van der Waals surface area contributed by atoms with Crippen LogP contribution >= 0.6 is 0 Å². The fourth-order valence-electron chi connectivity index (χ4n) is 3.50. The Kier molecular flexibility index (Phi) is 4.95. The maximum absolute atomic E-state index is 12.2. The van der Waals surface area contributed by atoms with Gasteiger partial charge in [-0.15, -0.1) is 0 Å². The number of aromatic nitrogens is 1. The third-order valence-electron chi connectivity index (χ3n) is 5.13. The maximum atomic E-state index is 12.2. The summed E-state index contributed by atoms with van der Waals surface area (Å²) in [6.07, 6.45) is 0.868. The van der Waals surface area contributed by atoms with Gasteiger partial charge in [0.05, 0.1) is 11.6 Å². The van der Waals surface area contributed by atoms with Gasteiger partial charge in [0.1, 0.15) is 6.10 Å². The van der Waals surface area contributed by atoms with Gasteiger partial charge in [-0.25, -0.2) is 0 Å². The summed E-state index contributed by atoms with van der Waals surface area (Å²) in [6.45, 7) is 9.52. The standard InChI is InChI=1S/C20H27N3O2/c1-12(2)19(24)20(25)22-16-11-23(10-14(16)4)17-8-7-13(3)18-15(17)6-5-9-21-18/h5-9,12,14,16,19,24H,10-11H2,1-4H3,(H,22,25)/t14-,16+,19+/m1/s1. The third kappa shape index (κ3) is 3.47. The minimum Gasteiger partial charge on any atom is -0.383 e. The second kappa shape index (κ2) is 7.00. The lowest BCUT2D eigenvalue weighted by Crippen LogP contribution is -2.46. The smallest absolute Gasteiger partial charge is 0.249 e. The highest BCUT2D eigenvalue weighted by Gasteiger charge is 2.33. The first-order valence-electron chi connectivity index (χ1n) is 8.96. The second-order valence-corrected chi connectivity index (χ2v) is 7.49. The number of nitrogens with zero attached hydrogens (tertiary/aromatic N) is 2. The molecule has 2 N–H and O–H groups in total. The zero-order chi connectivity index (χ0) is 18.1. The van der Waals surface area contributed by atoms with Crippen molar-refractivity contribution in [1.82, 2.24) is 10.3 Å². The van der Waals surface area contributed by atoms with Crippen LogP contribution in [0.3, 0.4) is 0 Å². The summed E-state index contributed by atoms with van der Waals surface area (Å²) >= 11 is 0. The number of aryl methyl sites for hydroxylation is 1. The fraction of sp³-hybridized carbons (Fsp3) is 0.500. The van der Waals surface area contributed by atoms with Gasteiger partial charge < -0.3 is 15.3 Å². The van der Waals surface area contributed by atoms with Gasteiger partial charge in [0.25, 0.3) is 0 Å². The maximum Gasteiger partial charge on any atom is 0.249 e. The molecule has 0 saturated carbocycles. The Morgan fingerprint density at radius 1 is 1.32 bits per heavy atom. The van der Waals surface area contributed by atoms with E-state index in [9.17, 15) is 9.90 Å². The highest BCUT2D eigenvalue weighted by Crippen LogP contribution is 2.31. The highest BCUT2D eigenvalue weighted by atomic mass is 16.3.